The van der Waals surface area contributed by atoms with Crippen molar-refractivity contribution in [1.82, 2.24) is 0 Å². The zero-order chi connectivity index (χ0) is 15.7. The highest BCUT2D eigenvalue weighted by Crippen LogP contribution is 2.12. The number of carbonyl (C=O) groups is 2. The van der Waals surface area contributed by atoms with Crippen molar-refractivity contribution < 1.29 is 14.3 Å². The molecule has 1 aromatic carbocycles. The maximum Gasteiger partial charge on any atom is 0.332 e. The van der Waals surface area contributed by atoms with Gasteiger partial charge in [-0.2, -0.15) is 0 Å². The number of aryl methyl sites for hydroxylation is 1. The maximum atomic E-state index is 11.8. The predicted molar refractivity (Wildman–Crippen MR) is 82.9 cm³/mol. The molecule has 0 heterocycles. The van der Waals surface area contributed by atoms with Gasteiger partial charge in [0.15, 0.2) is 6.04 Å². The van der Waals surface area contributed by atoms with Crippen LogP contribution in [0.4, 0.5) is 5.69 Å². The number of anilines is 1. The molecule has 0 spiro atoms. The van der Waals surface area contributed by atoms with Crippen LogP contribution in [0.2, 0.25) is 0 Å². The number of unbranched alkanes of at least 4 members (excludes halogenated alkanes) is 2. The SMILES string of the molecule is CCCCCc1ccc(NC(=O)C(N)C(=O)OCC)cc1. The predicted octanol–water partition coefficient (Wildman–Crippen LogP) is 2.25. The second-order valence-corrected chi connectivity index (χ2v) is 4.87. The number of rotatable bonds is 8. The number of nitrogens with two attached hydrogens (primary N) is 1. The number of carbonyl (C=O) groups excluding carboxylic acids is 2. The minimum atomic E-state index is -1.30. The first kappa shape index (κ1) is 17.2. The number of esters is 1. The molecule has 0 aromatic heterocycles. The molecule has 5 nitrogen and oxygen atoms in total. The molecule has 21 heavy (non-hydrogen) atoms. The molecule has 1 atom stereocenters. The monoisotopic (exact) mass is 292 g/mol. The van der Waals surface area contributed by atoms with E-state index in [1.807, 2.05) is 24.3 Å². The van der Waals surface area contributed by atoms with Crippen LogP contribution in [0.15, 0.2) is 24.3 Å². The summed E-state index contributed by atoms with van der Waals surface area (Å²) in [6, 6.07) is 6.28. The highest BCUT2D eigenvalue weighted by Gasteiger charge is 2.23. The van der Waals surface area contributed by atoms with Crippen LogP contribution in [0, 0.1) is 0 Å². The summed E-state index contributed by atoms with van der Waals surface area (Å²) in [6.45, 7) is 4.04. The summed E-state index contributed by atoms with van der Waals surface area (Å²) in [5, 5.41) is 2.61. The van der Waals surface area contributed by atoms with E-state index >= 15 is 0 Å². The number of nitrogens with one attached hydrogen (secondary N) is 1. The zero-order valence-corrected chi connectivity index (χ0v) is 12.7. The topological polar surface area (TPSA) is 81.4 Å². The van der Waals surface area contributed by atoms with Crippen LogP contribution >= 0.6 is 0 Å². The average molecular weight is 292 g/mol. The Morgan fingerprint density at radius 1 is 1.19 bits per heavy atom. The zero-order valence-electron chi connectivity index (χ0n) is 12.7. The first-order valence-electron chi connectivity index (χ1n) is 7.40. The third kappa shape index (κ3) is 5.95. The third-order valence-corrected chi connectivity index (χ3v) is 3.11. The molecular formula is C16H24N2O3. The molecule has 0 fully saturated rings. The van der Waals surface area contributed by atoms with Crippen molar-refractivity contribution in [1.29, 1.82) is 0 Å². The summed E-state index contributed by atoms with van der Waals surface area (Å²) in [7, 11) is 0. The van der Waals surface area contributed by atoms with Crippen molar-refractivity contribution in [3.05, 3.63) is 29.8 Å². The fraction of sp³-hybridized carbons (Fsp3) is 0.500. The lowest BCUT2D eigenvalue weighted by Crippen LogP contribution is -2.43. The standard InChI is InChI=1S/C16H24N2O3/c1-3-5-6-7-12-8-10-13(11-9-12)18-15(19)14(17)16(20)21-4-2/h8-11,14H,3-7,17H2,1-2H3,(H,18,19). The van der Waals surface area contributed by atoms with E-state index in [4.69, 9.17) is 10.5 Å². The maximum absolute atomic E-state index is 11.8. The Morgan fingerprint density at radius 2 is 1.86 bits per heavy atom. The van der Waals surface area contributed by atoms with Gasteiger partial charge in [-0.05, 0) is 37.5 Å². The molecule has 5 heteroatoms. The van der Waals surface area contributed by atoms with Gasteiger partial charge in [-0.1, -0.05) is 31.9 Å². The molecule has 1 amide bonds. The number of ether oxygens (including phenoxy) is 1. The molecule has 0 radical (unpaired) electrons. The molecule has 3 N–H and O–H groups in total. The van der Waals surface area contributed by atoms with Crippen molar-refractivity contribution in [3.63, 3.8) is 0 Å². The fourth-order valence-corrected chi connectivity index (χ4v) is 1.89. The molecule has 1 aromatic rings. The van der Waals surface area contributed by atoms with Crippen LogP contribution in [-0.2, 0) is 20.7 Å². The van der Waals surface area contributed by atoms with Gasteiger partial charge in [-0.3, -0.25) is 4.79 Å². The van der Waals surface area contributed by atoms with Gasteiger partial charge in [0.2, 0.25) is 0 Å². The Morgan fingerprint density at radius 3 is 2.43 bits per heavy atom. The van der Waals surface area contributed by atoms with Gasteiger partial charge in [0.1, 0.15) is 0 Å². The molecule has 1 unspecified atom stereocenters. The van der Waals surface area contributed by atoms with Gasteiger partial charge in [0.25, 0.3) is 5.91 Å². The molecule has 0 aliphatic heterocycles. The van der Waals surface area contributed by atoms with Crippen LogP contribution in [-0.4, -0.2) is 24.5 Å². The van der Waals surface area contributed by atoms with Crippen LogP contribution in [0.3, 0.4) is 0 Å². The minimum Gasteiger partial charge on any atom is -0.464 e. The number of hydrogen-bond donors (Lipinski definition) is 2. The Kier molecular flexibility index (Phi) is 7.46. The third-order valence-electron chi connectivity index (χ3n) is 3.11. The Hall–Kier alpha value is -1.88. The first-order valence-corrected chi connectivity index (χ1v) is 7.40. The van der Waals surface area contributed by atoms with Gasteiger partial charge in [-0.25, -0.2) is 4.79 Å². The Bertz CT molecular complexity index is 457. The van der Waals surface area contributed by atoms with Crippen molar-refractivity contribution in [3.8, 4) is 0 Å². The molecule has 0 aliphatic rings. The highest BCUT2D eigenvalue weighted by atomic mass is 16.5. The van der Waals surface area contributed by atoms with Gasteiger partial charge >= 0.3 is 5.97 Å². The molecule has 0 saturated carbocycles. The second kappa shape index (κ2) is 9.13. The molecule has 0 aliphatic carbocycles. The van der Waals surface area contributed by atoms with Crippen LogP contribution < -0.4 is 11.1 Å². The van der Waals surface area contributed by atoms with Gasteiger partial charge in [-0.15, -0.1) is 0 Å². The smallest absolute Gasteiger partial charge is 0.332 e. The quantitative estimate of drug-likeness (QED) is 0.437. The van der Waals surface area contributed by atoms with Crippen LogP contribution in [0.1, 0.15) is 38.7 Å². The number of amides is 1. The summed E-state index contributed by atoms with van der Waals surface area (Å²) in [5.74, 6) is -1.28. The van der Waals surface area contributed by atoms with E-state index in [0.29, 0.717) is 5.69 Å². The fourth-order valence-electron chi connectivity index (χ4n) is 1.89. The average Bonchev–Trinajstić information content (AvgIpc) is 2.48. The van der Waals surface area contributed by atoms with E-state index in [0.717, 1.165) is 12.8 Å². The lowest BCUT2D eigenvalue weighted by molar-refractivity contribution is -0.146. The van der Waals surface area contributed by atoms with Crippen LogP contribution in [0.25, 0.3) is 0 Å². The lowest BCUT2D eigenvalue weighted by atomic mass is 10.1. The van der Waals surface area contributed by atoms with Gasteiger partial charge < -0.3 is 15.8 Å². The molecule has 1 rings (SSSR count). The van der Waals surface area contributed by atoms with Crippen molar-refractivity contribution >= 4 is 17.6 Å². The molecule has 0 bridgehead atoms. The van der Waals surface area contributed by atoms with Crippen molar-refractivity contribution in [2.45, 2.75) is 45.6 Å². The van der Waals surface area contributed by atoms with Crippen molar-refractivity contribution in [2.24, 2.45) is 5.73 Å². The van der Waals surface area contributed by atoms with E-state index in [2.05, 4.69) is 12.2 Å². The Balaban J connectivity index is 2.51. The Labute approximate surface area is 125 Å². The summed E-state index contributed by atoms with van der Waals surface area (Å²) in [6.07, 6.45) is 4.60. The summed E-state index contributed by atoms with van der Waals surface area (Å²) < 4.78 is 4.71. The molecule has 116 valence electrons. The molecular weight excluding hydrogens is 268 g/mol. The van der Waals surface area contributed by atoms with Crippen LogP contribution in [0.5, 0.6) is 0 Å². The number of hydrogen-bond acceptors (Lipinski definition) is 4. The highest BCUT2D eigenvalue weighted by molar-refractivity contribution is 6.08. The summed E-state index contributed by atoms with van der Waals surface area (Å²) in [4.78, 5) is 23.2. The van der Waals surface area contributed by atoms with Gasteiger partial charge in [0, 0.05) is 5.69 Å². The van der Waals surface area contributed by atoms with E-state index in [9.17, 15) is 9.59 Å². The van der Waals surface area contributed by atoms with Gasteiger partial charge in [0.05, 0.1) is 6.61 Å². The van der Waals surface area contributed by atoms with Crippen molar-refractivity contribution in [2.75, 3.05) is 11.9 Å². The van der Waals surface area contributed by atoms with E-state index < -0.39 is 17.9 Å². The second-order valence-electron chi connectivity index (χ2n) is 4.87. The lowest BCUT2D eigenvalue weighted by Gasteiger charge is -2.11. The molecule has 0 saturated heterocycles. The minimum absolute atomic E-state index is 0.201. The first-order chi connectivity index (χ1) is 10.1. The normalized spacial score (nSPS) is 11.8. The van der Waals surface area contributed by atoms with E-state index in [1.54, 1.807) is 6.92 Å². The summed E-state index contributed by atoms with van der Waals surface area (Å²) in [5.41, 5.74) is 7.38. The largest absolute Gasteiger partial charge is 0.464 e. The van der Waals surface area contributed by atoms with E-state index in [1.165, 1.54) is 18.4 Å². The summed E-state index contributed by atoms with van der Waals surface area (Å²) >= 11 is 0. The number of benzene rings is 1. The van der Waals surface area contributed by atoms with E-state index in [-0.39, 0.29) is 6.61 Å².